The molecule has 0 fully saturated rings. The molecule has 0 bridgehead atoms. The first-order chi connectivity index (χ1) is 16.4. The van der Waals surface area contributed by atoms with E-state index in [4.69, 9.17) is 0 Å². The van der Waals surface area contributed by atoms with Gasteiger partial charge in [-0.2, -0.15) is 0 Å². The SMILES string of the molecule is O=C(Nc1ccc(OC(F)(F)F)cc1)c1cnc(N2Cc3cc[nH]c3C2)c(-c2cncnc2)c1. The number of alkyl halides is 3. The first-order valence-corrected chi connectivity index (χ1v) is 10.2. The molecule has 1 aliphatic heterocycles. The molecule has 4 aromatic rings. The van der Waals surface area contributed by atoms with E-state index in [9.17, 15) is 18.0 Å². The first kappa shape index (κ1) is 21.4. The van der Waals surface area contributed by atoms with Gasteiger partial charge < -0.3 is 19.9 Å². The highest BCUT2D eigenvalue weighted by Crippen LogP contribution is 2.34. The molecule has 0 atom stereocenters. The van der Waals surface area contributed by atoms with Crippen molar-refractivity contribution in [3.05, 3.63) is 84.3 Å². The minimum atomic E-state index is -4.78. The number of ether oxygens (including phenoxy) is 1. The maximum absolute atomic E-state index is 12.9. The molecule has 34 heavy (non-hydrogen) atoms. The summed E-state index contributed by atoms with van der Waals surface area (Å²) in [5.74, 6) is -0.156. The van der Waals surface area contributed by atoms with Crippen LogP contribution in [0.1, 0.15) is 21.6 Å². The van der Waals surface area contributed by atoms with Gasteiger partial charge in [0.15, 0.2) is 0 Å². The number of benzene rings is 1. The fourth-order valence-electron chi connectivity index (χ4n) is 3.76. The molecule has 1 aliphatic rings. The number of fused-ring (bicyclic) bond motifs is 1. The Hall–Kier alpha value is -4.41. The van der Waals surface area contributed by atoms with Gasteiger partial charge in [-0.15, -0.1) is 13.2 Å². The van der Waals surface area contributed by atoms with E-state index >= 15 is 0 Å². The van der Waals surface area contributed by atoms with E-state index in [2.05, 4.69) is 34.9 Å². The molecule has 0 saturated carbocycles. The summed E-state index contributed by atoms with van der Waals surface area (Å²) in [4.78, 5) is 30.9. The van der Waals surface area contributed by atoms with Gasteiger partial charge in [0.25, 0.3) is 5.91 Å². The Morgan fingerprint density at radius 3 is 2.53 bits per heavy atom. The smallest absolute Gasteiger partial charge is 0.406 e. The summed E-state index contributed by atoms with van der Waals surface area (Å²) < 4.78 is 40.9. The van der Waals surface area contributed by atoms with Crippen molar-refractivity contribution in [2.75, 3.05) is 10.2 Å². The lowest BCUT2D eigenvalue weighted by molar-refractivity contribution is -0.274. The minimum Gasteiger partial charge on any atom is -0.406 e. The molecule has 172 valence electrons. The van der Waals surface area contributed by atoms with Gasteiger partial charge in [-0.1, -0.05) is 0 Å². The monoisotopic (exact) mass is 466 g/mol. The number of carbonyl (C=O) groups excluding carboxylic acids is 1. The zero-order chi connectivity index (χ0) is 23.7. The summed E-state index contributed by atoms with van der Waals surface area (Å²) in [6.45, 7) is 1.32. The molecule has 4 heterocycles. The van der Waals surface area contributed by atoms with Crippen LogP contribution in [0.5, 0.6) is 5.75 Å². The topological polar surface area (TPSA) is 96.0 Å². The fraction of sp³-hybridized carbons (Fsp3) is 0.130. The van der Waals surface area contributed by atoms with Crippen LogP contribution < -0.4 is 15.0 Å². The number of halogens is 3. The van der Waals surface area contributed by atoms with Crippen LogP contribution in [0.2, 0.25) is 0 Å². The highest BCUT2D eigenvalue weighted by Gasteiger charge is 2.31. The predicted molar refractivity (Wildman–Crippen MR) is 117 cm³/mol. The molecule has 8 nitrogen and oxygen atoms in total. The van der Waals surface area contributed by atoms with Crippen LogP contribution in [0.4, 0.5) is 24.7 Å². The van der Waals surface area contributed by atoms with Gasteiger partial charge in [0.05, 0.1) is 12.1 Å². The molecule has 0 unspecified atom stereocenters. The Labute approximate surface area is 191 Å². The van der Waals surface area contributed by atoms with Crippen LogP contribution in [-0.2, 0) is 13.1 Å². The molecular weight excluding hydrogens is 449 g/mol. The molecule has 1 aromatic carbocycles. The van der Waals surface area contributed by atoms with Crippen LogP contribution in [0, 0.1) is 0 Å². The van der Waals surface area contributed by atoms with Gasteiger partial charge >= 0.3 is 6.36 Å². The minimum absolute atomic E-state index is 0.274. The normalized spacial score (nSPS) is 13.0. The standard InChI is InChI=1S/C23H17F3N6O2/c24-23(25,26)34-18-3-1-17(2-4-18)31-22(33)15-7-19(16-8-27-13-28-9-16)21(30-10-15)32-11-14-5-6-29-20(14)12-32/h1-10,13,29H,11-12H2,(H,31,33). The van der Waals surface area contributed by atoms with Crippen LogP contribution in [0.3, 0.4) is 0 Å². The van der Waals surface area contributed by atoms with E-state index in [0.717, 1.165) is 17.8 Å². The molecule has 11 heteroatoms. The molecule has 1 amide bonds. The molecule has 5 rings (SSSR count). The van der Waals surface area contributed by atoms with Crippen LogP contribution in [0.25, 0.3) is 11.1 Å². The van der Waals surface area contributed by atoms with Gasteiger partial charge in [0.1, 0.15) is 17.9 Å². The molecular formula is C23H17F3N6O2. The van der Waals surface area contributed by atoms with Crippen molar-refractivity contribution in [1.82, 2.24) is 19.9 Å². The van der Waals surface area contributed by atoms with Gasteiger partial charge in [0.2, 0.25) is 0 Å². The van der Waals surface area contributed by atoms with Crippen molar-refractivity contribution in [1.29, 1.82) is 0 Å². The number of pyridine rings is 1. The third-order valence-corrected chi connectivity index (χ3v) is 5.29. The average molecular weight is 466 g/mol. The first-order valence-electron chi connectivity index (χ1n) is 10.2. The molecule has 0 saturated heterocycles. The number of aromatic amines is 1. The molecule has 3 aromatic heterocycles. The molecule has 2 N–H and O–H groups in total. The van der Waals surface area contributed by atoms with E-state index in [1.165, 1.54) is 30.2 Å². The number of anilines is 2. The molecule has 0 spiro atoms. The number of rotatable bonds is 5. The highest BCUT2D eigenvalue weighted by molar-refractivity contribution is 6.05. The average Bonchev–Trinajstić information content (AvgIpc) is 3.42. The van der Waals surface area contributed by atoms with E-state index in [1.54, 1.807) is 18.5 Å². The van der Waals surface area contributed by atoms with Crippen LogP contribution in [-0.4, -0.2) is 32.2 Å². The van der Waals surface area contributed by atoms with E-state index in [-0.39, 0.29) is 11.3 Å². The Balaban J connectivity index is 1.40. The summed E-state index contributed by atoms with van der Waals surface area (Å²) in [6.07, 6.45) is 3.28. The number of nitrogens with one attached hydrogen (secondary N) is 2. The third-order valence-electron chi connectivity index (χ3n) is 5.29. The van der Waals surface area contributed by atoms with Crippen molar-refractivity contribution >= 4 is 17.4 Å². The highest BCUT2D eigenvalue weighted by atomic mass is 19.4. The number of carbonyl (C=O) groups is 1. The van der Waals surface area contributed by atoms with Crippen LogP contribution >= 0.6 is 0 Å². The summed E-state index contributed by atoms with van der Waals surface area (Å²) >= 11 is 0. The van der Waals surface area contributed by atoms with Crippen molar-refractivity contribution in [2.45, 2.75) is 19.5 Å². The van der Waals surface area contributed by atoms with E-state index in [0.29, 0.717) is 35.7 Å². The number of aromatic nitrogens is 4. The number of amides is 1. The zero-order valence-electron chi connectivity index (χ0n) is 17.5. The van der Waals surface area contributed by atoms with Crippen molar-refractivity contribution in [3.63, 3.8) is 0 Å². The number of H-pyrrole nitrogens is 1. The Morgan fingerprint density at radius 1 is 1.06 bits per heavy atom. The summed E-state index contributed by atoms with van der Waals surface area (Å²) in [7, 11) is 0. The summed E-state index contributed by atoms with van der Waals surface area (Å²) in [5.41, 5.74) is 4.26. The molecule has 0 radical (unpaired) electrons. The van der Waals surface area contributed by atoms with Gasteiger partial charge in [-0.3, -0.25) is 4.79 Å². The summed E-state index contributed by atoms with van der Waals surface area (Å²) in [5, 5.41) is 2.66. The van der Waals surface area contributed by atoms with Crippen molar-refractivity contribution < 1.29 is 22.7 Å². The van der Waals surface area contributed by atoms with E-state index < -0.39 is 12.3 Å². The van der Waals surface area contributed by atoms with Crippen molar-refractivity contribution in [2.24, 2.45) is 0 Å². The van der Waals surface area contributed by atoms with Gasteiger partial charge in [-0.05, 0) is 42.0 Å². The lowest BCUT2D eigenvalue weighted by atomic mass is 10.1. The molecule has 0 aliphatic carbocycles. The van der Waals surface area contributed by atoms with Gasteiger partial charge in [-0.25, -0.2) is 15.0 Å². The number of nitrogens with zero attached hydrogens (tertiary/aromatic N) is 4. The number of hydrogen-bond acceptors (Lipinski definition) is 6. The van der Waals surface area contributed by atoms with E-state index in [1.807, 2.05) is 12.3 Å². The Morgan fingerprint density at radius 2 is 1.82 bits per heavy atom. The fourth-order valence-corrected chi connectivity index (χ4v) is 3.76. The summed E-state index contributed by atoms with van der Waals surface area (Å²) in [6, 6.07) is 8.62. The predicted octanol–water partition coefficient (Wildman–Crippen LogP) is 4.54. The second-order valence-corrected chi connectivity index (χ2v) is 7.59. The third kappa shape index (κ3) is 4.53. The lowest BCUT2D eigenvalue weighted by Crippen LogP contribution is -2.19. The Bertz CT molecular complexity index is 1300. The van der Waals surface area contributed by atoms with Gasteiger partial charge in [0, 0.05) is 53.8 Å². The lowest BCUT2D eigenvalue weighted by Gasteiger charge is -2.21. The van der Waals surface area contributed by atoms with Crippen LogP contribution in [0.15, 0.2) is 67.5 Å². The maximum atomic E-state index is 12.9. The zero-order valence-corrected chi connectivity index (χ0v) is 17.5. The number of hydrogen-bond donors (Lipinski definition) is 2. The second-order valence-electron chi connectivity index (χ2n) is 7.59. The largest absolute Gasteiger partial charge is 0.573 e. The Kier molecular flexibility index (Phi) is 5.36. The quantitative estimate of drug-likeness (QED) is 0.449. The maximum Gasteiger partial charge on any atom is 0.573 e. The second kappa shape index (κ2) is 8.50. The van der Waals surface area contributed by atoms with Crippen molar-refractivity contribution in [3.8, 4) is 16.9 Å².